The van der Waals surface area contributed by atoms with Crippen molar-refractivity contribution in [3.8, 4) is 5.75 Å². The monoisotopic (exact) mass is 287 g/mol. The molecule has 1 amide bonds. The standard InChI is InChI=1S/C13H15Cl2NO2/c1-8-4-5-16(12(8)7-14)13(18)10-6-9(17)2-3-11(10)15/h2-3,6,8,12,17H,4-5,7H2,1H3. The Hall–Kier alpha value is -0.930. The summed E-state index contributed by atoms with van der Waals surface area (Å²) < 4.78 is 0. The average molecular weight is 288 g/mol. The van der Waals surface area contributed by atoms with Gasteiger partial charge in [0.25, 0.3) is 5.91 Å². The van der Waals surface area contributed by atoms with E-state index in [4.69, 9.17) is 23.2 Å². The molecule has 18 heavy (non-hydrogen) atoms. The highest BCUT2D eigenvalue weighted by Crippen LogP contribution is 2.29. The summed E-state index contributed by atoms with van der Waals surface area (Å²) in [5.74, 6) is 0.689. The van der Waals surface area contributed by atoms with Gasteiger partial charge in [-0.25, -0.2) is 0 Å². The van der Waals surface area contributed by atoms with Crippen LogP contribution in [0.5, 0.6) is 5.75 Å². The zero-order chi connectivity index (χ0) is 13.3. The van der Waals surface area contributed by atoms with Gasteiger partial charge in [0.05, 0.1) is 10.6 Å². The van der Waals surface area contributed by atoms with Gasteiger partial charge in [-0.2, -0.15) is 0 Å². The summed E-state index contributed by atoms with van der Waals surface area (Å²) >= 11 is 11.9. The Labute approximate surface area is 116 Å². The van der Waals surface area contributed by atoms with Crippen molar-refractivity contribution < 1.29 is 9.90 Å². The normalized spacial score (nSPS) is 23.4. The molecule has 0 aromatic heterocycles. The Morgan fingerprint density at radius 3 is 2.94 bits per heavy atom. The van der Waals surface area contributed by atoms with E-state index < -0.39 is 0 Å². The van der Waals surface area contributed by atoms with Gasteiger partial charge in [0.1, 0.15) is 5.75 Å². The van der Waals surface area contributed by atoms with Crippen LogP contribution in [0.25, 0.3) is 0 Å². The molecule has 2 rings (SSSR count). The maximum absolute atomic E-state index is 12.4. The Morgan fingerprint density at radius 2 is 2.28 bits per heavy atom. The molecular weight excluding hydrogens is 273 g/mol. The highest BCUT2D eigenvalue weighted by Gasteiger charge is 2.34. The van der Waals surface area contributed by atoms with Gasteiger partial charge in [-0.1, -0.05) is 18.5 Å². The quantitative estimate of drug-likeness (QED) is 0.849. The van der Waals surface area contributed by atoms with Crippen molar-refractivity contribution in [3.05, 3.63) is 28.8 Å². The fourth-order valence-electron chi connectivity index (χ4n) is 2.33. The molecule has 3 nitrogen and oxygen atoms in total. The second kappa shape index (κ2) is 5.37. The van der Waals surface area contributed by atoms with Crippen LogP contribution in [-0.2, 0) is 0 Å². The number of hydrogen-bond donors (Lipinski definition) is 1. The number of halogens is 2. The molecule has 1 aliphatic heterocycles. The molecule has 0 bridgehead atoms. The topological polar surface area (TPSA) is 40.5 Å². The van der Waals surface area contributed by atoms with Crippen molar-refractivity contribution in [2.45, 2.75) is 19.4 Å². The molecule has 2 unspecified atom stereocenters. The summed E-state index contributed by atoms with van der Waals surface area (Å²) in [7, 11) is 0. The number of aromatic hydroxyl groups is 1. The van der Waals surface area contributed by atoms with Crippen LogP contribution in [0.3, 0.4) is 0 Å². The molecule has 1 aromatic carbocycles. The number of likely N-dealkylation sites (tertiary alicyclic amines) is 1. The lowest BCUT2D eigenvalue weighted by Crippen LogP contribution is -2.38. The number of nitrogens with zero attached hydrogens (tertiary/aromatic N) is 1. The molecule has 1 saturated heterocycles. The smallest absolute Gasteiger partial charge is 0.255 e. The van der Waals surface area contributed by atoms with Crippen LogP contribution in [0, 0.1) is 5.92 Å². The molecule has 0 radical (unpaired) electrons. The summed E-state index contributed by atoms with van der Waals surface area (Å²) in [5.41, 5.74) is 0.334. The van der Waals surface area contributed by atoms with Gasteiger partial charge >= 0.3 is 0 Å². The van der Waals surface area contributed by atoms with Crippen LogP contribution in [0.4, 0.5) is 0 Å². The SMILES string of the molecule is CC1CCN(C(=O)c2cc(O)ccc2Cl)C1CCl. The second-order valence-electron chi connectivity index (χ2n) is 4.65. The van der Waals surface area contributed by atoms with E-state index in [9.17, 15) is 9.90 Å². The van der Waals surface area contributed by atoms with Gasteiger partial charge in [0, 0.05) is 18.5 Å². The average Bonchev–Trinajstić information content (AvgIpc) is 2.72. The lowest BCUT2D eigenvalue weighted by atomic mass is 10.0. The van der Waals surface area contributed by atoms with Gasteiger partial charge in [-0.05, 0) is 30.5 Å². The fraction of sp³-hybridized carbons (Fsp3) is 0.462. The Morgan fingerprint density at radius 1 is 1.56 bits per heavy atom. The van der Waals surface area contributed by atoms with Gasteiger partial charge in [0.2, 0.25) is 0 Å². The third-order valence-electron chi connectivity index (χ3n) is 3.48. The highest BCUT2D eigenvalue weighted by atomic mass is 35.5. The van der Waals surface area contributed by atoms with Crippen LogP contribution in [-0.4, -0.2) is 34.4 Å². The number of benzene rings is 1. The van der Waals surface area contributed by atoms with E-state index in [1.807, 2.05) is 0 Å². The van der Waals surface area contributed by atoms with Crippen LogP contribution in [0.2, 0.25) is 5.02 Å². The first-order chi connectivity index (χ1) is 8.54. The number of carbonyl (C=O) groups excluding carboxylic acids is 1. The van der Waals surface area contributed by atoms with Crippen LogP contribution in [0.1, 0.15) is 23.7 Å². The minimum absolute atomic E-state index is 0.0393. The van der Waals surface area contributed by atoms with Crippen molar-refractivity contribution in [1.29, 1.82) is 0 Å². The van der Waals surface area contributed by atoms with Crippen LogP contribution in [0.15, 0.2) is 18.2 Å². The number of carbonyl (C=O) groups is 1. The summed E-state index contributed by atoms with van der Waals surface area (Å²) in [6, 6.07) is 4.43. The first-order valence-electron chi connectivity index (χ1n) is 5.90. The highest BCUT2D eigenvalue weighted by molar-refractivity contribution is 6.33. The van der Waals surface area contributed by atoms with Crippen molar-refractivity contribution in [3.63, 3.8) is 0 Å². The molecule has 0 saturated carbocycles. The molecule has 1 aromatic rings. The predicted octanol–water partition coefficient (Wildman–Crippen LogP) is 3.14. The van der Waals surface area contributed by atoms with Gasteiger partial charge in [-0.15, -0.1) is 11.6 Å². The van der Waals surface area contributed by atoms with E-state index >= 15 is 0 Å². The number of rotatable bonds is 2. The lowest BCUT2D eigenvalue weighted by Gasteiger charge is -2.25. The molecule has 1 aliphatic rings. The second-order valence-corrected chi connectivity index (χ2v) is 5.37. The zero-order valence-corrected chi connectivity index (χ0v) is 11.6. The van der Waals surface area contributed by atoms with Gasteiger partial charge in [0.15, 0.2) is 0 Å². The first kappa shape index (κ1) is 13.5. The minimum Gasteiger partial charge on any atom is -0.508 e. The van der Waals surface area contributed by atoms with E-state index in [0.29, 0.717) is 28.9 Å². The molecule has 2 atom stereocenters. The summed E-state index contributed by atoms with van der Waals surface area (Å²) in [5, 5.41) is 9.80. The van der Waals surface area contributed by atoms with Gasteiger partial charge < -0.3 is 10.0 Å². The third-order valence-corrected chi connectivity index (χ3v) is 4.13. The van der Waals surface area contributed by atoms with E-state index in [-0.39, 0.29) is 17.7 Å². The lowest BCUT2D eigenvalue weighted by molar-refractivity contribution is 0.0737. The maximum Gasteiger partial charge on any atom is 0.255 e. The van der Waals surface area contributed by atoms with Crippen LogP contribution < -0.4 is 0 Å². The maximum atomic E-state index is 12.4. The first-order valence-corrected chi connectivity index (χ1v) is 6.81. The number of amides is 1. The van der Waals surface area contributed by atoms with Crippen molar-refractivity contribution in [1.82, 2.24) is 4.90 Å². The molecule has 5 heteroatoms. The van der Waals surface area contributed by atoms with Crippen molar-refractivity contribution in [2.24, 2.45) is 5.92 Å². The van der Waals surface area contributed by atoms with Crippen molar-refractivity contribution >= 4 is 29.1 Å². The van der Waals surface area contributed by atoms with E-state index in [2.05, 4.69) is 6.92 Å². The molecule has 98 valence electrons. The minimum atomic E-state index is -0.161. The summed E-state index contributed by atoms with van der Waals surface area (Å²) in [6.07, 6.45) is 0.944. The summed E-state index contributed by atoms with van der Waals surface area (Å²) in [6.45, 7) is 2.77. The molecule has 1 fully saturated rings. The number of phenolic OH excluding ortho intramolecular Hbond substituents is 1. The molecule has 0 spiro atoms. The van der Waals surface area contributed by atoms with Crippen molar-refractivity contribution in [2.75, 3.05) is 12.4 Å². The Kier molecular flexibility index (Phi) is 4.03. The fourth-order valence-corrected chi connectivity index (χ4v) is 3.00. The Bertz CT molecular complexity index is 464. The molecule has 1 heterocycles. The largest absolute Gasteiger partial charge is 0.508 e. The third kappa shape index (κ3) is 2.43. The molecule has 1 N–H and O–H groups in total. The summed E-state index contributed by atoms with van der Waals surface area (Å²) in [4.78, 5) is 14.2. The molecule has 0 aliphatic carbocycles. The molecular formula is C13H15Cl2NO2. The van der Waals surface area contributed by atoms with E-state index in [0.717, 1.165) is 6.42 Å². The predicted molar refractivity (Wildman–Crippen MR) is 72.4 cm³/mol. The number of phenols is 1. The number of alkyl halides is 1. The van der Waals surface area contributed by atoms with Gasteiger partial charge in [-0.3, -0.25) is 4.79 Å². The van der Waals surface area contributed by atoms with Crippen LogP contribution >= 0.6 is 23.2 Å². The van der Waals surface area contributed by atoms with E-state index in [1.54, 1.807) is 4.90 Å². The number of hydrogen-bond acceptors (Lipinski definition) is 2. The van der Waals surface area contributed by atoms with E-state index in [1.165, 1.54) is 18.2 Å². The zero-order valence-electron chi connectivity index (χ0n) is 10.1. The Balaban J connectivity index is 2.28.